The van der Waals surface area contributed by atoms with Crippen molar-refractivity contribution in [2.45, 2.75) is 25.9 Å². The molecule has 22 heavy (non-hydrogen) atoms. The molecule has 116 valence electrons. The normalized spacial score (nSPS) is 11.7. The molecule has 0 aliphatic carbocycles. The summed E-state index contributed by atoms with van der Waals surface area (Å²) in [6, 6.07) is 16.5. The smallest absolute Gasteiger partial charge is 0.255 e. The van der Waals surface area contributed by atoms with Crippen LogP contribution in [-0.2, 0) is 0 Å². The molecule has 1 atom stereocenters. The van der Waals surface area contributed by atoms with Crippen LogP contribution in [0.2, 0.25) is 0 Å². The first-order valence-corrected chi connectivity index (χ1v) is 7.49. The number of amides is 1. The molecule has 0 aliphatic heterocycles. The molecule has 0 heterocycles. The Morgan fingerprint density at radius 1 is 1.14 bits per heavy atom. The van der Waals surface area contributed by atoms with Crippen LogP contribution in [0.25, 0.3) is 0 Å². The molecule has 0 saturated carbocycles. The van der Waals surface area contributed by atoms with Crippen molar-refractivity contribution in [1.29, 1.82) is 0 Å². The standard InChI is InChI=1S/C18H21NO3/c1-2-14(20)12-13-19-18(21)16-10-6-7-11-17(16)22-15-8-4-3-5-9-15/h3-11,14,20H,2,12-13H2,1H3,(H,19,21). The quantitative estimate of drug-likeness (QED) is 0.824. The zero-order chi connectivity index (χ0) is 15.8. The Hall–Kier alpha value is -2.33. The minimum atomic E-state index is -0.379. The van der Waals surface area contributed by atoms with Gasteiger partial charge in [-0.3, -0.25) is 4.79 Å². The highest BCUT2D eigenvalue weighted by atomic mass is 16.5. The van der Waals surface area contributed by atoms with Gasteiger partial charge in [0, 0.05) is 6.54 Å². The molecule has 0 spiro atoms. The van der Waals surface area contributed by atoms with Crippen LogP contribution >= 0.6 is 0 Å². The van der Waals surface area contributed by atoms with Gasteiger partial charge >= 0.3 is 0 Å². The van der Waals surface area contributed by atoms with Gasteiger partial charge < -0.3 is 15.2 Å². The van der Waals surface area contributed by atoms with Crippen molar-refractivity contribution in [3.8, 4) is 11.5 Å². The number of carbonyl (C=O) groups excluding carboxylic acids is 1. The van der Waals surface area contributed by atoms with Gasteiger partial charge in [0.15, 0.2) is 0 Å². The Kier molecular flexibility index (Phi) is 5.98. The second kappa shape index (κ2) is 8.20. The molecule has 2 aromatic carbocycles. The maximum atomic E-state index is 12.3. The zero-order valence-electron chi connectivity index (χ0n) is 12.7. The van der Waals surface area contributed by atoms with Gasteiger partial charge in [-0.2, -0.15) is 0 Å². The minimum Gasteiger partial charge on any atom is -0.457 e. The van der Waals surface area contributed by atoms with Crippen LogP contribution in [0.15, 0.2) is 54.6 Å². The second-order valence-electron chi connectivity index (χ2n) is 5.02. The lowest BCUT2D eigenvalue weighted by Gasteiger charge is -2.12. The van der Waals surface area contributed by atoms with Gasteiger partial charge in [-0.15, -0.1) is 0 Å². The maximum Gasteiger partial charge on any atom is 0.255 e. The fourth-order valence-electron chi connectivity index (χ4n) is 2.01. The van der Waals surface area contributed by atoms with Crippen molar-refractivity contribution in [2.24, 2.45) is 0 Å². The summed E-state index contributed by atoms with van der Waals surface area (Å²) in [5.41, 5.74) is 0.484. The SMILES string of the molecule is CCC(O)CCNC(=O)c1ccccc1Oc1ccccc1. The molecule has 4 heteroatoms. The molecular formula is C18H21NO3. The molecule has 0 saturated heterocycles. The topological polar surface area (TPSA) is 58.6 Å². The highest BCUT2D eigenvalue weighted by molar-refractivity contribution is 5.96. The monoisotopic (exact) mass is 299 g/mol. The summed E-state index contributed by atoms with van der Waals surface area (Å²) in [5, 5.41) is 12.3. The molecule has 0 radical (unpaired) electrons. The van der Waals surface area contributed by atoms with Crippen molar-refractivity contribution in [3.05, 3.63) is 60.2 Å². The van der Waals surface area contributed by atoms with Gasteiger partial charge in [0.25, 0.3) is 5.91 Å². The summed E-state index contributed by atoms with van der Waals surface area (Å²) in [4.78, 5) is 12.3. The van der Waals surface area contributed by atoms with Crippen molar-refractivity contribution < 1.29 is 14.6 Å². The zero-order valence-corrected chi connectivity index (χ0v) is 12.7. The molecular weight excluding hydrogens is 278 g/mol. The first-order chi connectivity index (χ1) is 10.7. The fraction of sp³-hybridized carbons (Fsp3) is 0.278. The summed E-state index contributed by atoms with van der Waals surface area (Å²) in [7, 11) is 0. The molecule has 2 aromatic rings. The van der Waals surface area contributed by atoms with E-state index in [-0.39, 0.29) is 12.0 Å². The van der Waals surface area contributed by atoms with Gasteiger partial charge in [-0.25, -0.2) is 0 Å². The summed E-state index contributed by atoms with van der Waals surface area (Å²) in [6.45, 7) is 2.35. The van der Waals surface area contributed by atoms with Gasteiger partial charge in [-0.1, -0.05) is 37.3 Å². The molecule has 0 fully saturated rings. The Morgan fingerprint density at radius 3 is 2.55 bits per heavy atom. The maximum absolute atomic E-state index is 12.3. The first-order valence-electron chi connectivity index (χ1n) is 7.49. The van der Waals surface area contributed by atoms with E-state index in [0.717, 1.165) is 0 Å². The van der Waals surface area contributed by atoms with E-state index in [1.165, 1.54) is 0 Å². The van der Waals surface area contributed by atoms with Crippen LogP contribution in [0.4, 0.5) is 0 Å². The number of ether oxygens (including phenoxy) is 1. The van der Waals surface area contributed by atoms with Crippen LogP contribution in [0, 0.1) is 0 Å². The van der Waals surface area contributed by atoms with Crippen molar-refractivity contribution >= 4 is 5.91 Å². The Morgan fingerprint density at radius 2 is 1.82 bits per heavy atom. The second-order valence-corrected chi connectivity index (χ2v) is 5.02. The number of aliphatic hydroxyl groups is 1. The Bertz CT molecular complexity index is 598. The van der Waals surface area contributed by atoms with E-state index >= 15 is 0 Å². The highest BCUT2D eigenvalue weighted by Crippen LogP contribution is 2.24. The number of carbonyl (C=O) groups is 1. The number of aliphatic hydroxyl groups excluding tert-OH is 1. The van der Waals surface area contributed by atoms with Crippen molar-refractivity contribution in [3.63, 3.8) is 0 Å². The molecule has 0 bridgehead atoms. The van der Waals surface area contributed by atoms with Crippen molar-refractivity contribution in [2.75, 3.05) is 6.54 Å². The van der Waals surface area contributed by atoms with Crippen LogP contribution in [0.5, 0.6) is 11.5 Å². The molecule has 2 N–H and O–H groups in total. The van der Waals surface area contributed by atoms with E-state index in [0.29, 0.717) is 36.4 Å². The predicted octanol–water partition coefficient (Wildman–Crippen LogP) is 3.37. The predicted molar refractivity (Wildman–Crippen MR) is 86.2 cm³/mol. The van der Waals surface area contributed by atoms with E-state index in [2.05, 4.69) is 5.32 Å². The summed E-state index contributed by atoms with van der Waals surface area (Å²) in [6.07, 6.45) is 0.851. The van der Waals surface area contributed by atoms with Gasteiger partial charge in [0.2, 0.25) is 0 Å². The third-order valence-corrected chi connectivity index (χ3v) is 3.34. The molecule has 4 nitrogen and oxygen atoms in total. The number of para-hydroxylation sites is 2. The third-order valence-electron chi connectivity index (χ3n) is 3.34. The first kappa shape index (κ1) is 16.0. The van der Waals surface area contributed by atoms with E-state index < -0.39 is 0 Å². The molecule has 0 aliphatic rings. The number of benzene rings is 2. The van der Waals surface area contributed by atoms with Gasteiger partial charge in [0.1, 0.15) is 11.5 Å². The average molecular weight is 299 g/mol. The Balaban J connectivity index is 2.03. The summed E-state index contributed by atoms with van der Waals surface area (Å²) in [5.74, 6) is 1.00. The van der Waals surface area contributed by atoms with Crippen LogP contribution in [0.1, 0.15) is 30.1 Å². The summed E-state index contributed by atoms with van der Waals surface area (Å²) >= 11 is 0. The van der Waals surface area contributed by atoms with Crippen LogP contribution in [-0.4, -0.2) is 23.7 Å². The number of hydrogen-bond acceptors (Lipinski definition) is 3. The van der Waals surface area contributed by atoms with Gasteiger partial charge in [-0.05, 0) is 37.1 Å². The lowest BCUT2D eigenvalue weighted by atomic mass is 10.1. The van der Waals surface area contributed by atoms with Crippen LogP contribution in [0.3, 0.4) is 0 Å². The number of hydrogen-bond donors (Lipinski definition) is 2. The van der Waals surface area contributed by atoms with Crippen LogP contribution < -0.4 is 10.1 Å². The molecule has 0 aromatic heterocycles. The average Bonchev–Trinajstić information content (AvgIpc) is 2.56. The molecule has 1 unspecified atom stereocenters. The summed E-state index contributed by atoms with van der Waals surface area (Å²) < 4.78 is 5.77. The van der Waals surface area contributed by atoms with Crippen molar-refractivity contribution in [1.82, 2.24) is 5.32 Å². The van der Waals surface area contributed by atoms with E-state index in [9.17, 15) is 9.90 Å². The lowest BCUT2D eigenvalue weighted by Crippen LogP contribution is -2.27. The Labute approximate surface area is 130 Å². The third kappa shape index (κ3) is 4.60. The van der Waals surface area contributed by atoms with E-state index in [1.54, 1.807) is 18.2 Å². The molecule has 2 rings (SSSR count). The number of nitrogens with one attached hydrogen (secondary N) is 1. The number of rotatable bonds is 7. The largest absolute Gasteiger partial charge is 0.457 e. The highest BCUT2D eigenvalue weighted by Gasteiger charge is 2.12. The lowest BCUT2D eigenvalue weighted by molar-refractivity contribution is 0.0939. The van der Waals surface area contributed by atoms with Gasteiger partial charge in [0.05, 0.1) is 11.7 Å². The van der Waals surface area contributed by atoms with E-state index in [4.69, 9.17) is 4.74 Å². The molecule has 1 amide bonds. The minimum absolute atomic E-state index is 0.199. The van der Waals surface area contributed by atoms with E-state index in [1.807, 2.05) is 43.3 Å². The fourth-order valence-corrected chi connectivity index (χ4v) is 2.01.